The van der Waals surface area contributed by atoms with E-state index >= 15 is 0 Å². The van der Waals surface area contributed by atoms with Gasteiger partial charge in [0.15, 0.2) is 0 Å². The molecule has 0 fully saturated rings. The van der Waals surface area contributed by atoms with E-state index in [0.717, 1.165) is 13.0 Å². The summed E-state index contributed by atoms with van der Waals surface area (Å²) in [4.78, 5) is 25.7. The first-order valence-corrected chi connectivity index (χ1v) is 8.06. The highest BCUT2D eigenvalue weighted by Gasteiger charge is 2.23. The summed E-state index contributed by atoms with van der Waals surface area (Å²) in [6.45, 7) is 1.56. The summed E-state index contributed by atoms with van der Waals surface area (Å²) >= 11 is 0. The fourth-order valence-electron chi connectivity index (χ4n) is 3.08. The molecule has 1 aromatic carbocycles. The van der Waals surface area contributed by atoms with Crippen LogP contribution in [0.4, 0.5) is 16.2 Å². The van der Waals surface area contributed by atoms with E-state index in [1.807, 2.05) is 12.1 Å². The Morgan fingerprint density at radius 1 is 1.21 bits per heavy atom. The van der Waals surface area contributed by atoms with Gasteiger partial charge in [-0.2, -0.15) is 0 Å². The molecule has 1 aliphatic heterocycles. The average Bonchev–Trinajstić information content (AvgIpc) is 2.58. The minimum absolute atomic E-state index is 0.108. The Kier molecular flexibility index (Phi) is 4.55. The molecule has 0 saturated carbocycles. The maximum atomic E-state index is 12.1. The highest BCUT2D eigenvalue weighted by Crippen LogP contribution is 2.33. The lowest BCUT2D eigenvalue weighted by Gasteiger charge is -2.33. The van der Waals surface area contributed by atoms with Crippen LogP contribution in [0.1, 0.15) is 17.9 Å². The van der Waals surface area contributed by atoms with Gasteiger partial charge in [-0.3, -0.25) is 4.79 Å². The Bertz CT molecular complexity index is 800. The molecule has 0 spiro atoms. The number of amides is 2. The molecule has 0 aliphatic carbocycles. The molecule has 0 radical (unpaired) electrons. The summed E-state index contributed by atoms with van der Waals surface area (Å²) in [7, 11) is 3.75. The number of nitrogens with one attached hydrogen (secondary N) is 2. The third-order valence-electron chi connectivity index (χ3n) is 4.45. The van der Waals surface area contributed by atoms with Crippen LogP contribution in [0.15, 0.2) is 47.4 Å². The number of aromatic nitrogens is 1. The molecule has 126 valence electrons. The first kappa shape index (κ1) is 16.1. The second-order valence-electron chi connectivity index (χ2n) is 6.17. The largest absolute Gasteiger partial charge is 0.374 e. The van der Waals surface area contributed by atoms with E-state index in [4.69, 9.17) is 0 Å². The summed E-state index contributed by atoms with van der Waals surface area (Å²) < 4.78 is 1.43. The normalized spacial score (nSPS) is 16.4. The van der Waals surface area contributed by atoms with E-state index in [0.29, 0.717) is 18.2 Å². The first-order chi connectivity index (χ1) is 11.5. The Hall–Kier alpha value is -2.76. The van der Waals surface area contributed by atoms with Crippen molar-refractivity contribution >= 4 is 17.4 Å². The van der Waals surface area contributed by atoms with Crippen LogP contribution in [0.3, 0.4) is 0 Å². The van der Waals surface area contributed by atoms with Gasteiger partial charge in [-0.25, -0.2) is 4.79 Å². The molecular formula is C18H22N4O2. The number of benzene rings is 1. The van der Waals surface area contributed by atoms with Crippen LogP contribution in [-0.2, 0) is 7.05 Å². The molecule has 0 bridgehead atoms. The number of para-hydroxylation sites is 1. The van der Waals surface area contributed by atoms with Crippen molar-refractivity contribution in [1.29, 1.82) is 0 Å². The minimum atomic E-state index is -0.259. The molecule has 1 atom stereocenters. The monoisotopic (exact) mass is 326 g/mol. The molecule has 2 heterocycles. The molecule has 24 heavy (non-hydrogen) atoms. The van der Waals surface area contributed by atoms with Gasteiger partial charge in [0.2, 0.25) is 5.56 Å². The number of hydrogen-bond donors (Lipinski definition) is 2. The van der Waals surface area contributed by atoms with Crippen molar-refractivity contribution in [2.24, 2.45) is 7.05 Å². The summed E-state index contributed by atoms with van der Waals surface area (Å²) in [5, 5.41) is 5.70. The van der Waals surface area contributed by atoms with Crippen LogP contribution < -0.4 is 21.1 Å². The first-order valence-electron chi connectivity index (χ1n) is 8.06. The number of anilines is 2. The number of urea groups is 1. The number of carbonyl (C=O) groups is 1. The second-order valence-corrected chi connectivity index (χ2v) is 6.17. The molecule has 2 amide bonds. The molecule has 2 N–H and O–H groups in total. The van der Waals surface area contributed by atoms with Gasteiger partial charge in [-0.1, -0.05) is 18.2 Å². The Morgan fingerprint density at radius 3 is 2.79 bits per heavy atom. The highest BCUT2D eigenvalue weighted by molar-refractivity contribution is 5.89. The zero-order valence-electron chi connectivity index (χ0n) is 14.0. The van der Waals surface area contributed by atoms with Crippen molar-refractivity contribution in [3.8, 4) is 0 Å². The quantitative estimate of drug-likeness (QED) is 0.908. The Morgan fingerprint density at radius 2 is 2.00 bits per heavy atom. The SMILES string of the molecule is CN1CCC(CNC(=O)Nc2ccc(=O)n(C)c2)c2ccccc21. The molecule has 1 aliphatic rings. The summed E-state index contributed by atoms with van der Waals surface area (Å²) in [5.74, 6) is 0.309. The number of pyridine rings is 1. The zero-order valence-corrected chi connectivity index (χ0v) is 14.0. The van der Waals surface area contributed by atoms with Gasteiger partial charge in [-0.05, 0) is 24.1 Å². The summed E-state index contributed by atoms with van der Waals surface area (Å²) in [6, 6.07) is 11.1. The maximum absolute atomic E-state index is 12.1. The van der Waals surface area contributed by atoms with Gasteiger partial charge in [-0.15, -0.1) is 0 Å². The van der Waals surface area contributed by atoms with E-state index in [1.165, 1.54) is 21.9 Å². The second kappa shape index (κ2) is 6.78. The maximum Gasteiger partial charge on any atom is 0.319 e. The van der Waals surface area contributed by atoms with Crippen LogP contribution in [0, 0.1) is 0 Å². The Balaban J connectivity index is 1.61. The lowest BCUT2D eigenvalue weighted by atomic mass is 9.90. The number of aryl methyl sites for hydroxylation is 1. The minimum Gasteiger partial charge on any atom is -0.374 e. The van der Waals surface area contributed by atoms with Crippen molar-refractivity contribution in [3.05, 3.63) is 58.5 Å². The molecule has 0 saturated heterocycles. The van der Waals surface area contributed by atoms with Gasteiger partial charge < -0.3 is 20.1 Å². The molecular weight excluding hydrogens is 304 g/mol. The van der Waals surface area contributed by atoms with Crippen LogP contribution in [-0.4, -0.2) is 30.7 Å². The third kappa shape index (κ3) is 3.42. The van der Waals surface area contributed by atoms with E-state index in [1.54, 1.807) is 19.3 Å². The molecule has 1 aromatic heterocycles. The third-order valence-corrected chi connectivity index (χ3v) is 4.45. The van der Waals surface area contributed by atoms with Crippen molar-refractivity contribution in [2.45, 2.75) is 12.3 Å². The topological polar surface area (TPSA) is 66.4 Å². The average molecular weight is 326 g/mol. The van der Waals surface area contributed by atoms with E-state index in [-0.39, 0.29) is 11.6 Å². The number of fused-ring (bicyclic) bond motifs is 1. The highest BCUT2D eigenvalue weighted by atomic mass is 16.2. The smallest absolute Gasteiger partial charge is 0.319 e. The number of nitrogens with zero attached hydrogens (tertiary/aromatic N) is 2. The summed E-state index contributed by atoms with van der Waals surface area (Å²) in [6.07, 6.45) is 2.61. The van der Waals surface area contributed by atoms with Crippen molar-refractivity contribution in [1.82, 2.24) is 9.88 Å². The van der Waals surface area contributed by atoms with Gasteiger partial charge in [0, 0.05) is 51.1 Å². The summed E-state index contributed by atoms with van der Waals surface area (Å²) in [5.41, 5.74) is 2.99. The van der Waals surface area contributed by atoms with Crippen molar-refractivity contribution < 1.29 is 4.79 Å². The number of carbonyl (C=O) groups excluding carboxylic acids is 1. The predicted molar refractivity (Wildman–Crippen MR) is 95.8 cm³/mol. The standard InChI is InChI=1S/C18H22N4O2/c1-21-10-9-13(15-5-3-4-6-16(15)21)11-19-18(24)20-14-7-8-17(23)22(2)12-14/h3-8,12-13H,9-11H2,1-2H3,(H2,19,20,24). The lowest BCUT2D eigenvalue weighted by Crippen LogP contribution is -2.36. The van der Waals surface area contributed by atoms with Gasteiger partial charge in [0.25, 0.3) is 0 Å². The van der Waals surface area contributed by atoms with Crippen molar-refractivity contribution in [3.63, 3.8) is 0 Å². The molecule has 1 unspecified atom stereocenters. The van der Waals surface area contributed by atoms with Crippen LogP contribution in [0.5, 0.6) is 0 Å². The zero-order chi connectivity index (χ0) is 17.1. The molecule has 6 nitrogen and oxygen atoms in total. The molecule has 3 rings (SSSR count). The van der Waals surface area contributed by atoms with E-state index in [2.05, 4.69) is 34.7 Å². The molecule has 2 aromatic rings. The molecule has 6 heteroatoms. The van der Waals surface area contributed by atoms with Gasteiger partial charge in [0.05, 0.1) is 5.69 Å². The fraction of sp³-hybridized carbons (Fsp3) is 0.333. The van der Waals surface area contributed by atoms with E-state index in [9.17, 15) is 9.59 Å². The lowest BCUT2D eigenvalue weighted by molar-refractivity contribution is 0.251. The van der Waals surface area contributed by atoms with Gasteiger partial charge >= 0.3 is 6.03 Å². The van der Waals surface area contributed by atoms with Crippen molar-refractivity contribution in [2.75, 3.05) is 30.4 Å². The fourth-order valence-corrected chi connectivity index (χ4v) is 3.08. The predicted octanol–water partition coefficient (Wildman–Crippen LogP) is 2.13. The number of hydrogen-bond acceptors (Lipinski definition) is 3. The van der Waals surface area contributed by atoms with Crippen LogP contribution >= 0.6 is 0 Å². The van der Waals surface area contributed by atoms with Gasteiger partial charge in [0.1, 0.15) is 0 Å². The van der Waals surface area contributed by atoms with Crippen LogP contribution in [0.2, 0.25) is 0 Å². The van der Waals surface area contributed by atoms with E-state index < -0.39 is 0 Å². The van der Waals surface area contributed by atoms with Crippen LogP contribution in [0.25, 0.3) is 0 Å². The Labute approximate surface area is 141 Å². The number of rotatable bonds is 3.